The molecule has 0 spiro atoms. The zero-order chi connectivity index (χ0) is 11.7. The maximum atomic E-state index is 11.8. The van der Waals surface area contributed by atoms with E-state index in [0.717, 1.165) is 4.90 Å². The van der Waals surface area contributed by atoms with E-state index in [1.54, 1.807) is 25.3 Å². The Morgan fingerprint density at radius 2 is 2.25 bits per heavy atom. The second kappa shape index (κ2) is 4.17. The Labute approximate surface area is 97.7 Å². The summed E-state index contributed by atoms with van der Waals surface area (Å²) in [7, 11) is 1.57. The first-order chi connectivity index (χ1) is 7.61. The average molecular weight is 237 g/mol. The first-order valence-corrected chi connectivity index (χ1v) is 5.56. The highest BCUT2D eigenvalue weighted by molar-refractivity contribution is 7.97. The molecule has 0 aromatic heterocycles. The van der Waals surface area contributed by atoms with Crippen LogP contribution in [-0.4, -0.2) is 29.7 Å². The summed E-state index contributed by atoms with van der Waals surface area (Å²) in [6.07, 6.45) is 0. The Bertz CT molecular complexity index is 459. The van der Waals surface area contributed by atoms with Gasteiger partial charge in [-0.3, -0.25) is 13.9 Å². The van der Waals surface area contributed by atoms with Crippen molar-refractivity contribution in [1.82, 2.24) is 4.31 Å². The van der Waals surface area contributed by atoms with Crippen LogP contribution >= 0.6 is 11.9 Å². The van der Waals surface area contributed by atoms with Crippen LogP contribution in [0.2, 0.25) is 0 Å². The van der Waals surface area contributed by atoms with Crippen molar-refractivity contribution >= 4 is 23.6 Å². The first kappa shape index (κ1) is 11.0. The molecule has 5 heteroatoms. The summed E-state index contributed by atoms with van der Waals surface area (Å²) in [5.41, 5.74) is 0.656. The summed E-state index contributed by atoms with van der Waals surface area (Å²) in [5.74, 6) is 0.530. The number of Topliss-reactive ketones (excluding diaryl/α,β-unsaturated/α-hetero) is 1. The van der Waals surface area contributed by atoms with E-state index in [2.05, 4.69) is 0 Å². The molecular formula is C11H11NO3S. The second-order valence-electron chi connectivity index (χ2n) is 3.43. The van der Waals surface area contributed by atoms with Gasteiger partial charge in [-0.25, -0.2) is 0 Å². The number of carbonyl (C=O) groups excluding carboxylic acids is 2. The lowest BCUT2D eigenvalue weighted by Crippen LogP contribution is -2.31. The van der Waals surface area contributed by atoms with Gasteiger partial charge in [-0.2, -0.15) is 0 Å². The summed E-state index contributed by atoms with van der Waals surface area (Å²) in [5, 5.41) is 0. The van der Waals surface area contributed by atoms with Crippen LogP contribution in [-0.2, 0) is 4.79 Å². The number of hydrogen-bond donors (Lipinski definition) is 0. The number of nitrogens with zero attached hydrogens (tertiary/aromatic N) is 1. The molecular weight excluding hydrogens is 226 g/mol. The number of carbonyl (C=O) groups is 2. The third-order valence-electron chi connectivity index (χ3n) is 2.34. The van der Waals surface area contributed by atoms with Gasteiger partial charge >= 0.3 is 0 Å². The molecule has 1 aliphatic heterocycles. The smallest absolute Gasteiger partial charge is 0.229 e. The van der Waals surface area contributed by atoms with Gasteiger partial charge in [0.1, 0.15) is 5.75 Å². The minimum Gasteiger partial charge on any atom is -0.497 e. The number of hydrogen-bond acceptors (Lipinski definition) is 4. The molecule has 2 rings (SSSR count). The van der Waals surface area contributed by atoms with Crippen LogP contribution in [0, 0.1) is 0 Å². The van der Waals surface area contributed by atoms with Crippen molar-refractivity contribution in [3.63, 3.8) is 0 Å². The number of ketones is 1. The normalized spacial score (nSPS) is 14.6. The molecule has 84 valence electrons. The molecule has 0 atom stereocenters. The lowest BCUT2D eigenvalue weighted by molar-refractivity contribution is -0.123. The predicted molar refractivity (Wildman–Crippen MR) is 60.6 cm³/mol. The Balaban J connectivity index is 2.39. The van der Waals surface area contributed by atoms with E-state index in [1.807, 2.05) is 0 Å². The molecule has 0 saturated carbocycles. The Morgan fingerprint density at radius 3 is 2.88 bits per heavy atom. The lowest BCUT2D eigenvalue weighted by atomic mass is 10.1. The molecule has 1 aromatic carbocycles. The number of methoxy groups -OCH3 is 1. The second-order valence-corrected chi connectivity index (χ2v) is 4.50. The number of rotatable bonds is 1. The SMILES string of the molecule is COc1ccc2c(c1)SN(C(C)=O)CC2=O. The van der Waals surface area contributed by atoms with Crippen LogP contribution < -0.4 is 4.74 Å². The lowest BCUT2D eigenvalue weighted by Gasteiger charge is -2.25. The summed E-state index contributed by atoms with van der Waals surface area (Å²) < 4.78 is 6.53. The molecule has 4 nitrogen and oxygen atoms in total. The molecule has 0 saturated heterocycles. The average Bonchev–Trinajstić information content (AvgIpc) is 2.28. The zero-order valence-corrected chi connectivity index (χ0v) is 9.84. The van der Waals surface area contributed by atoms with Gasteiger partial charge in [-0.15, -0.1) is 0 Å². The minimum atomic E-state index is -0.119. The quantitative estimate of drug-likeness (QED) is 0.698. The molecule has 1 aliphatic rings. The number of ether oxygens (including phenoxy) is 1. The van der Waals surface area contributed by atoms with E-state index in [4.69, 9.17) is 4.74 Å². The molecule has 0 unspecified atom stereocenters. The van der Waals surface area contributed by atoms with Crippen LogP contribution in [0.5, 0.6) is 5.75 Å². The third-order valence-corrected chi connectivity index (χ3v) is 3.48. The van der Waals surface area contributed by atoms with Crippen molar-refractivity contribution in [3.8, 4) is 5.75 Å². The van der Waals surface area contributed by atoms with Gasteiger partial charge in [0.25, 0.3) is 0 Å². The molecule has 1 heterocycles. The summed E-state index contributed by atoms with van der Waals surface area (Å²) >= 11 is 1.28. The summed E-state index contributed by atoms with van der Waals surface area (Å²) in [6, 6.07) is 5.26. The van der Waals surface area contributed by atoms with E-state index < -0.39 is 0 Å². The van der Waals surface area contributed by atoms with E-state index in [9.17, 15) is 9.59 Å². The van der Waals surface area contributed by atoms with Crippen LogP contribution in [0.4, 0.5) is 0 Å². The van der Waals surface area contributed by atoms with Crippen molar-refractivity contribution in [2.45, 2.75) is 11.8 Å². The molecule has 1 amide bonds. The molecule has 0 fully saturated rings. The van der Waals surface area contributed by atoms with Gasteiger partial charge in [0.15, 0.2) is 5.78 Å². The third kappa shape index (κ3) is 1.90. The number of amides is 1. The minimum absolute atomic E-state index is 0.0356. The molecule has 0 aliphatic carbocycles. The van der Waals surface area contributed by atoms with Gasteiger partial charge in [-0.1, -0.05) is 0 Å². The first-order valence-electron chi connectivity index (χ1n) is 4.79. The van der Waals surface area contributed by atoms with Crippen molar-refractivity contribution in [1.29, 1.82) is 0 Å². The van der Waals surface area contributed by atoms with Crippen molar-refractivity contribution in [2.75, 3.05) is 13.7 Å². The molecule has 1 aromatic rings. The largest absolute Gasteiger partial charge is 0.497 e. The van der Waals surface area contributed by atoms with Crippen LogP contribution in [0.1, 0.15) is 17.3 Å². The molecule has 0 radical (unpaired) electrons. The van der Waals surface area contributed by atoms with E-state index in [1.165, 1.54) is 23.2 Å². The fourth-order valence-corrected chi connectivity index (χ4v) is 2.47. The molecule has 0 bridgehead atoms. The topological polar surface area (TPSA) is 46.6 Å². The number of benzene rings is 1. The van der Waals surface area contributed by atoms with E-state index >= 15 is 0 Å². The Morgan fingerprint density at radius 1 is 1.50 bits per heavy atom. The maximum absolute atomic E-state index is 11.8. The van der Waals surface area contributed by atoms with E-state index in [0.29, 0.717) is 11.3 Å². The summed E-state index contributed by atoms with van der Waals surface area (Å²) in [4.78, 5) is 23.8. The van der Waals surface area contributed by atoms with Crippen molar-refractivity contribution < 1.29 is 14.3 Å². The highest BCUT2D eigenvalue weighted by Crippen LogP contribution is 2.34. The van der Waals surface area contributed by atoms with Crippen LogP contribution in [0.25, 0.3) is 0 Å². The van der Waals surface area contributed by atoms with Gasteiger partial charge in [0.05, 0.1) is 13.7 Å². The zero-order valence-electron chi connectivity index (χ0n) is 9.02. The van der Waals surface area contributed by atoms with Crippen LogP contribution in [0.3, 0.4) is 0 Å². The van der Waals surface area contributed by atoms with Gasteiger partial charge < -0.3 is 4.74 Å². The number of fused-ring (bicyclic) bond motifs is 1. The fraction of sp³-hybridized carbons (Fsp3) is 0.273. The maximum Gasteiger partial charge on any atom is 0.229 e. The van der Waals surface area contributed by atoms with Crippen molar-refractivity contribution in [2.24, 2.45) is 0 Å². The highest BCUT2D eigenvalue weighted by Gasteiger charge is 2.25. The Kier molecular flexibility index (Phi) is 2.87. The highest BCUT2D eigenvalue weighted by atomic mass is 32.2. The molecule has 16 heavy (non-hydrogen) atoms. The van der Waals surface area contributed by atoms with Gasteiger partial charge in [0, 0.05) is 17.4 Å². The fourth-order valence-electron chi connectivity index (χ4n) is 1.48. The van der Waals surface area contributed by atoms with Crippen LogP contribution in [0.15, 0.2) is 23.1 Å². The van der Waals surface area contributed by atoms with Gasteiger partial charge in [0.2, 0.25) is 5.91 Å². The Hall–Kier alpha value is -1.49. The van der Waals surface area contributed by atoms with E-state index in [-0.39, 0.29) is 18.2 Å². The molecule has 0 N–H and O–H groups in total. The van der Waals surface area contributed by atoms with Gasteiger partial charge in [-0.05, 0) is 30.1 Å². The monoisotopic (exact) mass is 237 g/mol. The summed E-state index contributed by atoms with van der Waals surface area (Å²) in [6.45, 7) is 1.59. The van der Waals surface area contributed by atoms with Crippen molar-refractivity contribution in [3.05, 3.63) is 23.8 Å². The standard InChI is InChI=1S/C11H11NO3S/c1-7(13)12-6-10(14)9-4-3-8(15-2)5-11(9)16-12/h3-5H,6H2,1-2H3. The predicted octanol–water partition coefficient (Wildman–Crippen LogP) is 1.75.